The third kappa shape index (κ3) is 3.99. The number of nitriles is 1. The number of hydrogen-bond donors (Lipinski definition) is 0. The molecular formula is C22H20IN3O. The maximum absolute atomic E-state index is 13.0. The van der Waals surface area contributed by atoms with Crippen molar-refractivity contribution < 1.29 is 4.79 Å². The van der Waals surface area contributed by atoms with Crippen molar-refractivity contribution >= 4 is 40.0 Å². The van der Waals surface area contributed by atoms with E-state index in [4.69, 9.17) is 0 Å². The fourth-order valence-electron chi connectivity index (χ4n) is 3.15. The number of halogens is 1. The van der Waals surface area contributed by atoms with Crippen LogP contribution in [0.1, 0.15) is 53.5 Å². The van der Waals surface area contributed by atoms with Crippen molar-refractivity contribution in [2.45, 2.75) is 44.0 Å². The van der Waals surface area contributed by atoms with Crippen LogP contribution in [-0.2, 0) is 9.22 Å². The number of aromatic nitrogens is 1. The van der Waals surface area contributed by atoms with Gasteiger partial charge in [0.15, 0.2) is 0 Å². The van der Waals surface area contributed by atoms with Crippen molar-refractivity contribution in [3.05, 3.63) is 52.2 Å². The predicted molar refractivity (Wildman–Crippen MR) is 115 cm³/mol. The van der Waals surface area contributed by atoms with Crippen LogP contribution in [0.25, 0.3) is 0 Å². The first-order valence-electron chi connectivity index (χ1n) is 8.83. The van der Waals surface area contributed by atoms with Crippen LogP contribution < -0.4 is 4.90 Å². The first kappa shape index (κ1) is 19.4. The van der Waals surface area contributed by atoms with Crippen molar-refractivity contribution in [1.82, 2.24) is 4.98 Å². The smallest absolute Gasteiger partial charge is 0.258 e. The first-order valence-corrected chi connectivity index (χ1v) is 10.4. The summed E-state index contributed by atoms with van der Waals surface area (Å²) < 4.78 is 0.735. The molecule has 1 aliphatic carbocycles. The minimum absolute atomic E-state index is 0.300. The van der Waals surface area contributed by atoms with Crippen LogP contribution in [-0.4, -0.2) is 10.9 Å². The topological polar surface area (TPSA) is 57.0 Å². The molecule has 27 heavy (non-hydrogen) atoms. The first-order chi connectivity index (χ1) is 13.0. The normalized spacial score (nSPS) is 12.7. The Bertz CT molecular complexity index is 1010. The Morgan fingerprint density at radius 1 is 1.33 bits per heavy atom. The van der Waals surface area contributed by atoms with E-state index in [0.717, 1.165) is 45.2 Å². The lowest BCUT2D eigenvalue weighted by Crippen LogP contribution is -2.27. The molecule has 0 atom stereocenters. The summed E-state index contributed by atoms with van der Waals surface area (Å²) >= 11 is 2.29. The van der Waals surface area contributed by atoms with Crippen molar-refractivity contribution in [2.75, 3.05) is 4.90 Å². The van der Waals surface area contributed by atoms with E-state index in [9.17, 15) is 10.1 Å². The molecule has 2 aromatic rings. The number of hydrogen-bond acceptors (Lipinski definition) is 3. The number of anilines is 2. The summed E-state index contributed by atoms with van der Waals surface area (Å²) in [6.07, 6.45) is 3.92. The zero-order valence-corrected chi connectivity index (χ0v) is 17.8. The van der Waals surface area contributed by atoms with E-state index < -0.39 is 0 Å². The van der Waals surface area contributed by atoms with Gasteiger partial charge in [-0.25, -0.2) is 4.98 Å². The average Bonchev–Trinajstić information content (AvgIpc) is 3.48. The van der Waals surface area contributed by atoms with Gasteiger partial charge >= 0.3 is 5.91 Å². The summed E-state index contributed by atoms with van der Waals surface area (Å²) in [5.74, 6) is 6.09. The molecule has 136 valence electrons. The molecule has 0 N–H and O–H groups in total. The quantitative estimate of drug-likeness (QED) is 0.357. The van der Waals surface area contributed by atoms with Gasteiger partial charge in [0, 0.05) is 16.2 Å². The summed E-state index contributed by atoms with van der Waals surface area (Å²) in [5, 5.41) is 9.43. The second-order valence-corrected chi connectivity index (χ2v) is 7.52. The van der Waals surface area contributed by atoms with Gasteiger partial charge in [0.2, 0.25) is 0 Å². The maximum atomic E-state index is 13.0. The van der Waals surface area contributed by atoms with Crippen LogP contribution in [0.15, 0.2) is 24.4 Å². The highest BCUT2D eigenvalue weighted by atomic mass is 127. The Balaban J connectivity index is 2.27. The molecule has 1 saturated carbocycles. The minimum Gasteiger partial charge on any atom is -0.258 e. The summed E-state index contributed by atoms with van der Waals surface area (Å²) in [4.78, 5) is 19.2. The summed E-state index contributed by atoms with van der Waals surface area (Å²) in [6, 6.07) is 8.18. The monoisotopic (exact) mass is 469 g/mol. The fraction of sp³-hybridized carbons (Fsp3) is 0.318. The van der Waals surface area contributed by atoms with Gasteiger partial charge in [-0.1, -0.05) is 34.6 Å². The Morgan fingerprint density at radius 2 is 2.07 bits per heavy atom. The van der Waals surface area contributed by atoms with Crippen LogP contribution in [0.3, 0.4) is 0 Å². The molecule has 0 unspecified atom stereocenters. The molecule has 3 rings (SSSR count). The molecule has 0 aliphatic heterocycles. The molecule has 4 nitrogen and oxygen atoms in total. The van der Waals surface area contributed by atoms with Gasteiger partial charge in [0.05, 0.1) is 17.3 Å². The van der Waals surface area contributed by atoms with E-state index in [1.165, 1.54) is 0 Å². The molecule has 0 spiro atoms. The van der Waals surface area contributed by atoms with Gasteiger partial charge < -0.3 is 0 Å². The molecule has 0 saturated heterocycles. The molecule has 1 amide bonds. The second kappa shape index (κ2) is 8.10. The van der Waals surface area contributed by atoms with Gasteiger partial charge in [-0.15, -0.1) is 0 Å². The van der Waals surface area contributed by atoms with Gasteiger partial charge in [-0.2, -0.15) is 5.26 Å². The Hall–Kier alpha value is -2.38. The number of amides is 1. The lowest BCUT2D eigenvalue weighted by Gasteiger charge is -2.25. The van der Waals surface area contributed by atoms with Gasteiger partial charge in [0.1, 0.15) is 5.82 Å². The molecular weight excluding hydrogens is 449 g/mol. The molecule has 1 aromatic heterocycles. The van der Waals surface area contributed by atoms with Gasteiger partial charge in [-0.05, 0) is 74.3 Å². The van der Waals surface area contributed by atoms with Gasteiger partial charge in [0.25, 0.3) is 0 Å². The van der Waals surface area contributed by atoms with Crippen LogP contribution in [0, 0.1) is 37.0 Å². The maximum Gasteiger partial charge on any atom is 0.308 e. The summed E-state index contributed by atoms with van der Waals surface area (Å²) in [7, 11) is 0. The van der Waals surface area contributed by atoms with E-state index in [-0.39, 0.29) is 5.91 Å². The largest absolute Gasteiger partial charge is 0.308 e. The predicted octanol–water partition coefficient (Wildman–Crippen LogP) is 5.07. The van der Waals surface area contributed by atoms with Crippen LogP contribution in [0.5, 0.6) is 0 Å². The number of nitrogens with zero attached hydrogens (tertiary/aromatic N) is 3. The third-order valence-corrected chi connectivity index (χ3v) is 5.44. The fourth-order valence-corrected chi connectivity index (χ4v) is 3.71. The van der Waals surface area contributed by atoms with Crippen LogP contribution >= 0.6 is 22.6 Å². The SMILES string of the molecule is CC#CC(=O)N(c1cc(C)c(C#N)cc1C1CC1)c1ncc(C)cc1CI. The molecule has 1 aliphatic rings. The van der Waals surface area contributed by atoms with Crippen molar-refractivity contribution in [3.8, 4) is 17.9 Å². The lowest BCUT2D eigenvalue weighted by atomic mass is 9.99. The number of alkyl halides is 1. The second-order valence-electron chi connectivity index (χ2n) is 6.76. The van der Waals surface area contributed by atoms with Crippen molar-refractivity contribution in [1.29, 1.82) is 5.26 Å². The third-order valence-electron chi connectivity index (χ3n) is 4.62. The molecule has 1 fully saturated rings. The zero-order valence-electron chi connectivity index (χ0n) is 15.6. The zero-order chi connectivity index (χ0) is 19.6. The molecule has 0 bridgehead atoms. The number of pyridine rings is 1. The highest BCUT2D eigenvalue weighted by Gasteiger charge is 2.32. The van der Waals surface area contributed by atoms with Crippen molar-refractivity contribution in [3.63, 3.8) is 0 Å². The number of benzene rings is 1. The van der Waals surface area contributed by atoms with Crippen molar-refractivity contribution in [2.24, 2.45) is 0 Å². The Labute approximate surface area is 173 Å². The van der Waals surface area contributed by atoms with E-state index in [0.29, 0.717) is 17.3 Å². The standard InChI is InChI=1S/C22H20IN3O/c1-4-5-21(27)26(22-17(11-23)8-14(2)13-25-22)20-9-15(3)18(12-24)10-19(20)16-6-7-16/h8-10,13,16H,6-7,11H2,1-3H3. The van der Waals surface area contributed by atoms with Crippen LogP contribution in [0.4, 0.5) is 11.5 Å². The van der Waals surface area contributed by atoms with Crippen LogP contribution in [0.2, 0.25) is 0 Å². The highest BCUT2D eigenvalue weighted by molar-refractivity contribution is 14.1. The molecule has 0 radical (unpaired) electrons. The van der Waals surface area contributed by atoms with E-state index in [2.05, 4.69) is 51.6 Å². The lowest BCUT2D eigenvalue weighted by molar-refractivity contribution is -0.112. The molecule has 5 heteroatoms. The Morgan fingerprint density at radius 3 is 2.67 bits per heavy atom. The van der Waals surface area contributed by atoms with E-state index in [1.54, 1.807) is 18.0 Å². The summed E-state index contributed by atoms with van der Waals surface area (Å²) in [5.41, 5.74) is 5.38. The number of aryl methyl sites for hydroxylation is 2. The molecule has 1 heterocycles. The average molecular weight is 469 g/mol. The van der Waals surface area contributed by atoms with E-state index in [1.807, 2.05) is 26.0 Å². The highest BCUT2D eigenvalue weighted by Crippen LogP contribution is 2.46. The van der Waals surface area contributed by atoms with Gasteiger partial charge in [-0.3, -0.25) is 9.69 Å². The minimum atomic E-state index is -0.300. The molecule has 1 aromatic carbocycles. The van der Waals surface area contributed by atoms with E-state index >= 15 is 0 Å². The number of carbonyl (C=O) groups excluding carboxylic acids is 1. The summed E-state index contributed by atoms with van der Waals surface area (Å²) in [6.45, 7) is 5.55. The number of rotatable bonds is 4. The Kier molecular flexibility index (Phi) is 5.82. The number of carbonyl (C=O) groups is 1.